The van der Waals surface area contributed by atoms with Gasteiger partial charge in [-0.2, -0.15) is 0 Å². The molecule has 0 aliphatic carbocycles. The normalized spacial score (nSPS) is 11.1. The third kappa shape index (κ3) is 2.21. The molecule has 15 heavy (non-hydrogen) atoms. The highest BCUT2D eigenvalue weighted by Gasteiger charge is 2.08. The molecule has 1 aromatic heterocycles. The van der Waals surface area contributed by atoms with Crippen molar-refractivity contribution >= 4 is 49.4 Å². The maximum Gasteiger partial charge on any atom is 0.0641 e. The highest BCUT2D eigenvalue weighted by Crippen LogP contribution is 2.29. The Morgan fingerprint density at radius 1 is 1.47 bits per heavy atom. The quantitative estimate of drug-likeness (QED) is 0.742. The van der Waals surface area contributed by atoms with Crippen molar-refractivity contribution in [2.75, 3.05) is 13.7 Å². The molecule has 2 nitrogen and oxygen atoms in total. The molecule has 0 spiro atoms. The van der Waals surface area contributed by atoms with Gasteiger partial charge < -0.3 is 9.30 Å². The number of benzene rings is 1. The number of rotatable bonds is 3. The van der Waals surface area contributed by atoms with E-state index in [2.05, 4.69) is 67.5 Å². The lowest BCUT2D eigenvalue weighted by Gasteiger charge is -2.05. The fourth-order valence-corrected chi connectivity index (χ4v) is 3.00. The van der Waals surface area contributed by atoms with Gasteiger partial charge in [-0.05, 0) is 44.6 Å². The third-order valence-electron chi connectivity index (χ3n) is 2.34. The predicted octanol–water partition coefficient (Wildman–Crippen LogP) is 3.65. The van der Waals surface area contributed by atoms with Crippen LogP contribution in [0.4, 0.5) is 0 Å². The summed E-state index contributed by atoms with van der Waals surface area (Å²) in [4.78, 5) is 0. The molecule has 2 aromatic rings. The fraction of sp³-hybridized carbons (Fsp3) is 0.273. The van der Waals surface area contributed by atoms with Crippen LogP contribution in [0, 0.1) is 3.57 Å². The summed E-state index contributed by atoms with van der Waals surface area (Å²) in [6, 6.07) is 6.28. The number of fused-ring (bicyclic) bond motifs is 1. The monoisotopic (exact) mass is 379 g/mol. The number of methoxy groups -OCH3 is 1. The standard InChI is InChI=1S/C11H11BrINO/c1-15-6-5-14-7-10(13)8-3-2-4-9(12)11(8)14/h2-4,7H,5-6H2,1H3. The van der Waals surface area contributed by atoms with E-state index in [1.165, 1.54) is 14.5 Å². The molecule has 0 fully saturated rings. The molecule has 0 bridgehead atoms. The zero-order valence-corrected chi connectivity index (χ0v) is 12.1. The molecule has 4 heteroatoms. The Balaban J connectivity index is 2.54. The van der Waals surface area contributed by atoms with Gasteiger partial charge in [0.1, 0.15) is 0 Å². The molecule has 1 heterocycles. The van der Waals surface area contributed by atoms with E-state index in [-0.39, 0.29) is 0 Å². The van der Waals surface area contributed by atoms with E-state index in [1.807, 2.05) is 0 Å². The van der Waals surface area contributed by atoms with E-state index >= 15 is 0 Å². The molecule has 0 saturated carbocycles. The molecule has 2 rings (SSSR count). The molecule has 80 valence electrons. The van der Waals surface area contributed by atoms with Crippen molar-refractivity contribution < 1.29 is 4.74 Å². The summed E-state index contributed by atoms with van der Waals surface area (Å²) in [5, 5.41) is 1.29. The molecular formula is C11H11BrINO. The average Bonchev–Trinajstić information content (AvgIpc) is 2.55. The Kier molecular flexibility index (Phi) is 3.69. The number of hydrogen-bond acceptors (Lipinski definition) is 1. The second-order valence-electron chi connectivity index (χ2n) is 3.30. The number of nitrogens with zero attached hydrogens (tertiary/aromatic N) is 1. The first-order chi connectivity index (χ1) is 7.24. The molecule has 0 aliphatic heterocycles. The topological polar surface area (TPSA) is 14.2 Å². The van der Waals surface area contributed by atoms with Gasteiger partial charge in [-0.3, -0.25) is 0 Å². The van der Waals surface area contributed by atoms with Crippen molar-refractivity contribution in [2.45, 2.75) is 6.54 Å². The van der Waals surface area contributed by atoms with Crippen molar-refractivity contribution in [3.05, 3.63) is 32.4 Å². The minimum Gasteiger partial charge on any atom is -0.383 e. The van der Waals surface area contributed by atoms with Crippen molar-refractivity contribution in [3.8, 4) is 0 Å². The molecule has 1 aromatic carbocycles. The Morgan fingerprint density at radius 2 is 2.27 bits per heavy atom. The van der Waals surface area contributed by atoms with E-state index in [0.717, 1.165) is 17.6 Å². The van der Waals surface area contributed by atoms with Gasteiger partial charge in [-0.15, -0.1) is 0 Å². The molecule has 0 atom stereocenters. The van der Waals surface area contributed by atoms with Crippen molar-refractivity contribution in [3.63, 3.8) is 0 Å². The highest BCUT2D eigenvalue weighted by molar-refractivity contribution is 14.1. The van der Waals surface area contributed by atoms with E-state index in [4.69, 9.17) is 4.74 Å². The first-order valence-electron chi connectivity index (χ1n) is 4.66. The van der Waals surface area contributed by atoms with E-state index in [0.29, 0.717) is 0 Å². The Bertz CT molecular complexity index is 481. The van der Waals surface area contributed by atoms with Crippen LogP contribution in [0.2, 0.25) is 0 Å². The Hall–Kier alpha value is -0.0700. The summed E-state index contributed by atoms with van der Waals surface area (Å²) in [7, 11) is 1.73. The van der Waals surface area contributed by atoms with Gasteiger partial charge in [-0.25, -0.2) is 0 Å². The second-order valence-corrected chi connectivity index (χ2v) is 5.32. The molecule has 0 amide bonds. The van der Waals surface area contributed by atoms with Crippen LogP contribution in [-0.2, 0) is 11.3 Å². The Morgan fingerprint density at radius 3 is 3.00 bits per heavy atom. The van der Waals surface area contributed by atoms with Gasteiger partial charge >= 0.3 is 0 Å². The van der Waals surface area contributed by atoms with Crippen molar-refractivity contribution in [1.82, 2.24) is 4.57 Å². The number of aromatic nitrogens is 1. The zero-order chi connectivity index (χ0) is 10.8. The van der Waals surface area contributed by atoms with Gasteiger partial charge in [0.05, 0.1) is 12.1 Å². The summed E-state index contributed by atoms with van der Waals surface area (Å²) in [6.07, 6.45) is 2.16. The van der Waals surface area contributed by atoms with Crippen molar-refractivity contribution in [2.24, 2.45) is 0 Å². The van der Waals surface area contributed by atoms with Crippen LogP contribution in [0.5, 0.6) is 0 Å². The van der Waals surface area contributed by atoms with Gasteiger partial charge in [0, 0.05) is 33.3 Å². The summed E-state index contributed by atoms with van der Waals surface area (Å²) >= 11 is 5.95. The van der Waals surface area contributed by atoms with Crippen LogP contribution in [0.15, 0.2) is 28.9 Å². The predicted molar refractivity (Wildman–Crippen MR) is 74.2 cm³/mol. The summed E-state index contributed by atoms with van der Waals surface area (Å²) in [5.74, 6) is 0. The lowest BCUT2D eigenvalue weighted by atomic mass is 10.2. The number of hydrogen-bond donors (Lipinski definition) is 0. The first-order valence-corrected chi connectivity index (χ1v) is 6.53. The highest BCUT2D eigenvalue weighted by atomic mass is 127. The maximum absolute atomic E-state index is 5.11. The summed E-state index contributed by atoms with van der Waals surface area (Å²) in [6.45, 7) is 1.62. The van der Waals surface area contributed by atoms with Gasteiger partial charge in [-0.1, -0.05) is 12.1 Å². The van der Waals surface area contributed by atoms with E-state index in [1.54, 1.807) is 7.11 Å². The van der Waals surface area contributed by atoms with Crippen LogP contribution in [0.1, 0.15) is 0 Å². The number of ether oxygens (including phenoxy) is 1. The summed E-state index contributed by atoms with van der Waals surface area (Å²) < 4.78 is 9.75. The van der Waals surface area contributed by atoms with Crippen LogP contribution >= 0.6 is 38.5 Å². The number of para-hydroxylation sites is 1. The maximum atomic E-state index is 5.11. The SMILES string of the molecule is COCCn1cc(I)c2cccc(Br)c21. The van der Waals surface area contributed by atoms with E-state index < -0.39 is 0 Å². The smallest absolute Gasteiger partial charge is 0.0641 e. The van der Waals surface area contributed by atoms with Gasteiger partial charge in [0.2, 0.25) is 0 Å². The van der Waals surface area contributed by atoms with Crippen LogP contribution in [-0.4, -0.2) is 18.3 Å². The molecule has 0 saturated heterocycles. The molecule has 0 unspecified atom stereocenters. The lowest BCUT2D eigenvalue weighted by molar-refractivity contribution is 0.188. The van der Waals surface area contributed by atoms with Crippen molar-refractivity contribution in [1.29, 1.82) is 0 Å². The van der Waals surface area contributed by atoms with Crippen LogP contribution < -0.4 is 0 Å². The Labute approximate surface area is 111 Å². The minimum atomic E-state index is 0.737. The molecule has 0 N–H and O–H groups in total. The lowest BCUT2D eigenvalue weighted by Crippen LogP contribution is -2.02. The zero-order valence-electron chi connectivity index (χ0n) is 8.34. The van der Waals surface area contributed by atoms with E-state index in [9.17, 15) is 0 Å². The third-order valence-corrected chi connectivity index (χ3v) is 3.84. The van der Waals surface area contributed by atoms with Gasteiger partial charge in [0.15, 0.2) is 0 Å². The van der Waals surface area contributed by atoms with Crippen LogP contribution in [0.25, 0.3) is 10.9 Å². The fourth-order valence-electron chi connectivity index (χ4n) is 1.64. The average molecular weight is 380 g/mol. The first kappa shape index (κ1) is 11.4. The minimum absolute atomic E-state index is 0.737. The number of halogens is 2. The van der Waals surface area contributed by atoms with Crippen LogP contribution in [0.3, 0.4) is 0 Å². The molecular weight excluding hydrogens is 369 g/mol. The van der Waals surface area contributed by atoms with Gasteiger partial charge in [0.25, 0.3) is 0 Å². The summed E-state index contributed by atoms with van der Waals surface area (Å²) in [5.41, 5.74) is 1.25. The largest absolute Gasteiger partial charge is 0.383 e. The molecule has 0 aliphatic rings. The molecule has 0 radical (unpaired) electrons. The second kappa shape index (κ2) is 4.84.